The molecule has 1 saturated heterocycles. The van der Waals surface area contributed by atoms with Gasteiger partial charge >= 0.3 is 0 Å². The molecular weight excluding hydrogens is 242 g/mol. The molecule has 0 aliphatic carbocycles. The van der Waals surface area contributed by atoms with Crippen molar-refractivity contribution >= 4 is 23.0 Å². The van der Waals surface area contributed by atoms with Gasteiger partial charge in [0.2, 0.25) is 0 Å². The molecule has 0 saturated carbocycles. The van der Waals surface area contributed by atoms with Gasteiger partial charge in [-0.05, 0) is 37.3 Å². The summed E-state index contributed by atoms with van der Waals surface area (Å²) in [7, 11) is 0. The zero-order chi connectivity index (χ0) is 13.5. The molecule has 1 aromatic rings. The van der Waals surface area contributed by atoms with Crippen LogP contribution in [0.3, 0.4) is 0 Å². The standard InChI is InChI=1S/C14H21N3S/c1-9-7-10(2)16-13(11(9)12(15)18)17-6-5-14(3,4)8-17/h7H,5-6,8H2,1-4H3,(H2,15,18). The van der Waals surface area contributed by atoms with Crippen molar-refractivity contribution in [3.63, 3.8) is 0 Å². The lowest BCUT2D eigenvalue weighted by Crippen LogP contribution is -2.27. The zero-order valence-corrected chi connectivity index (χ0v) is 12.4. The fraction of sp³-hybridized carbons (Fsp3) is 0.571. The topological polar surface area (TPSA) is 42.1 Å². The normalized spacial score (nSPS) is 18.1. The second-order valence-electron chi connectivity index (χ2n) is 5.98. The van der Waals surface area contributed by atoms with Crippen molar-refractivity contribution in [3.05, 3.63) is 22.9 Å². The van der Waals surface area contributed by atoms with Gasteiger partial charge in [0.15, 0.2) is 0 Å². The fourth-order valence-corrected chi connectivity index (χ4v) is 2.90. The first kappa shape index (κ1) is 13.3. The lowest BCUT2D eigenvalue weighted by Gasteiger charge is -2.24. The van der Waals surface area contributed by atoms with E-state index in [-0.39, 0.29) is 0 Å². The molecule has 0 atom stereocenters. The van der Waals surface area contributed by atoms with Crippen LogP contribution in [0.2, 0.25) is 0 Å². The second-order valence-corrected chi connectivity index (χ2v) is 6.42. The highest BCUT2D eigenvalue weighted by molar-refractivity contribution is 7.80. The van der Waals surface area contributed by atoms with Crippen molar-refractivity contribution in [3.8, 4) is 0 Å². The maximum absolute atomic E-state index is 5.87. The molecule has 2 rings (SSSR count). The van der Waals surface area contributed by atoms with Crippen molar-refractivity contribution < 1.29 is 0 Å². The van der Waals surface area contributed by atoms with Crippen molar-refractivity contribution in [1.82, 2.24) is 4.98 Å². The number of anilines is 1. The van der Waals surface area contributed by atoms with Crippen molar-refractivity contribution in [2.45, 2.75) is 34.1 Å². The van der Waals surface area contributed by atoms with Crippen LogP contribution in [0.25, 0.3) is 0 Å². The molecule has 18 heavy (non-hydrogen) atoms. The van der Waals surface area contributed by atoms with Gasteiger partial charge in [0.05, 0.1) is 5.56 Å². The third-order valence-corrected chi connectivity index (χ3v) is 3.75. The number of rotatable bonds is 2. The molecule has 1 fully saturated rings. The summed E-state index contributed by atoms with van der Waals surface area (Å²) in [4.78, 5) is 7.42. The molecule has 98 valence electrons. The Labute approximate surface area is 114 Å². The van der Waals surface area contributed by atoms with Gasteiger partial charge in [-0.3, -0.25) is 0 Å². The van der Waals surface area contributed by atoms with Crippen molar-refractivity contribution in [2.24, 2.45) is 11.1 Å². The first-order valence-corrected chi connectivity index (χ1v) is 6.74. The van der Waals surface area contributed by atoms with Crippen LogP contribution in [0.5, 0.6) is 0 Å². The van der Waals surface area contributed by atoms with Gasteiger partial charge in [0.1, 0.15) is 10.8 Å². The van der Waals surface area contributed by atoms with E-state index in [1.165, 1.54) is 6.42 Å². The lowest BCUT2D eigenvalue weighted by molar-refractivity contribution is 0.418. The Bertz CT molecular complexity index is 494. The van der Waals surface area contributed by atoms with Crippen LogP contribution in [0, 0.1) is 19.3 Å². The fourth-order valence-electron chi connectivity index (χ4n) is 2.64. The van der Waals surface area contributed by atoms with Crippen LogP contribution in [-0.4, -0.2) is 23.1 Å². The van der Waals surface area contributed by atoms with Gasteiger partial charge in [-0.2, -0.15) is 0 Å². The lowest BCUT2D eigenvalue weighted by atomic mass is 9.93. The number of aryl methyl sites for hydroxylation is 2. The summed E-state index contributed by atoms with van der Waals surface area (Å²) in [6.45, 7) is 10.7. The molecule has 1 aliphatic rings. The number of nitrogens with zero attached hydrogens (tertiary/aromatic N) is 2. The Balaban J connectivity index is 2.47. The minimum atomic E-state index is 0.340. The van der Waals surface area contributed by atoms with Crippen molar-refractivity contribution in [1.29, 1.82) is 0 Å². The SMILES string of the molecule is Cc1cc(C)c(C(N)=S)c(N2CCC(C)(C)C2)n1. The third kappa shape index (κ3) is 2.48. The summed E-state index contributed by atoms with van der Waals surface area (Å²) in [5.74, 6) is 0.963. The summed E-state index contributed by atoms with van der Waals surface area (Å²) >= 11 is 5.18. The Kier molecular flexibility index (Phi) is 3.32. The maximum Gasteiger partial charge on any atom is 0.139 e. The van der Waals surface area contributed by atoms with Crippen LogP contribution < -0.4 is 10.6 Å². The Morgan fingerprint density at radius 2 is 2.11 bits per heavy atom. The first-order valence-electron chi connectivity index (χ1n) is 6.33. The highest BCUT2D eigenvalue weighted by Gasteiger charge is 2.31. The van der Waals surface area contributed by atoms with Crippen LogP contribution in [0.4, 0.5) is 5.82 Å². The molecule has 1 aromatic heterocycles. The van der Waals surface area contributed by atoms with E-state index >= 15 is 0 Å². The third-order valence-electron chi connectivity index (χ3n) is 3.55. The predicted octanol–water partition coefficient (Wildman–Crippen LogP) is 2.57. The van der Waals surface area contributed by atoms with E-state index in [9.17, 15) is 0 Å². The number of hydrogen-bond acceptors (Lipinski definition) is 3. The van der Waals surface area contributed by atoms with E-state index in [4.69, 9.17) is 18.0 Å². The zero-order valence-electron chi connectivity index (χ0n) is 11.6. The van der Waals surface area contributed by atoms with E-state index in [1.807, 2.05) is 19.9 Å². The summed E-state index contributed by atoms with van der Waals surface area (Å²) in [5.41, 5.74) is 9.28. The van der Waals surface area contributed by atoms with E-state index in [1.54, 1.807) is 0 Å². The summed E-state index contributed by atoms with van der Waals surface area (Å²) in [6, 6.07) is 2.04. The number of aromatic nitrogens is 1. The van der Waals surface area contributed by atoms with Gasteiger partial charge in [-0.1, -0.05) is 26.1 Å². The smallest absolute Gasteiger partial charge is 0.139 e. The van der Waals surface area contributed by atoms with Crippen LogP contribution >= 0.6 is 12.2 Å². The van der Waals surface area contributed by atoms with Crippen molar-refractivity contribution in [2.75, 3.05) is 18.0 Å². The number of pyridine rings is 1. The van der Waals surface area contributed by atoms with E-state index in [0.29, 0.717) is 10.4 Å². The molecule has 3 nitrogen and oxygen atoms in total. The minimum Gasteiger partial charge on any atom is -0.389 e. The summed E-state index contributed by atoms with van der Waals surface area (Å²) in [6.07, 6.45) is 1.18. The van der Waals surface area contributed by atoms with Gasteiger partial charge in [-0.25, -0.2) is 4.98 Å². The number of thiocarbonyl (C=S) groups is 1. The Morgan fingerprint density at radius 1 is 1.44 bits per heavy atom. The molecule has 0 spiro atoms. The Hall–Kier alpha value is -1.16. The minimum absolute atomic E-state index is 0.340. The van der Waals surface area contributed by atoms with E-state index in [2.05, 4.69) is 23.7 Å². The summed E-state index contributed by atoms with van der Waals surface area (Å²) < 4.78 is 0. The second kappa shape index (κ2) is 4.50. The number of nitrogens with two attached hydrogens (primary N) is 1. The van der Waals surface area contributed by atoms with Gasteiger partial charge in [0.25, 0.3) is 0 Å². The molecule has 0 amide bonds. The van der Waals surface area contributed by atoms with Gasteiger partial charge in [0, 0.05) is 18.8 Å². The van der Waals surface area contributed by atoms with Crippen LogP contribution in [0.15, 0.2) is 6.07 Å². The molecule has 0 radical (unpaired) electrons. The monoisotopic (exact) mass is 263 g/mol. The van der Waals surface area contributed by atoms with Crippen LogP contribution in [-0.2, 0) is 0 Å². The maximum atomic E-state index is 5.87. The predicted molar refractivity (Wildman–Crippen MR) is 80.2 cm³/mol. The highest BCUT2D eigenvalue weighted by Crippen LogP contribution is 2.34. The average molecular weight is 263 g/mol. The molecule has 0 bridgehead atoms. The summed E-state index contributed by atoms with van der Waals surface area (Å²) in [5, 5.41) is 0. The molecule has 1 aliphatic heterocycles. The molecular formula is C14H21N3S. The average Bonchev–Trinajstić information content (AvgIpc) is 2.56. The van der Waals surface area contributed by atoms with Crippen LogP contribution in [0.1, 0.15) is 37.1 Å². The van der Waals surface area contributed by atoms with E-state index < -0.39 is 0 Å². The molecule has 2 heterocycles. The van der Waals surface area contributed by atoms with Gasteiger partial charge < -0.3 is 10.6 Å². The van der Waals surface area contributed by atoms with E-state index in [0.717, 1.165) is 35.7 Å². The van der Waals surface area contributed by atoms with Gasteiger partial charge in [-0.15, -0.1) is 0 Å². The largest absolute Gasteiger partial charge is 0.389 e. The first-order chi connectivity index (χ1) is 8.30. The number of hydrogen-bond donors (Lipinski definition) is 1. The molecule has 4 heteroatoms. The quantitative estimate of drug-likeness (QED) is 0.833. The molecule has 2 N–H and O–H groups in total. The molecule has 0 unspecified atom stereocenters. The Morgan fingerprint density at radius 3 is 2.61 bits per heavy atom. The molecule has 0 aromatic carbocycles. The highest BCUT2D eigenvalue weighted by atomic mass is 32.1.